The van der Waals surface area contributed by atoms with Gasteiger partial charge in [0.15, 0.2) is 0 Å². The highest BCUT2D eigenvalue weighted by atomic mass is 19.1. The summed E-state index contributed by atoms with van der Waals surface area (Å²) in [6.07, 6.45) is 0.561. The van der Waals surface area contributed by atoms with E-state index in [-0.39, 0.29) is 5.82 Å². The van der Waals surface area contributed by atoms with Crippen molar-refractivity contribution in [2.75, 3.05) is 0 Å². The molecule has 0 aromatic heterocycles. The van der Waals surface area contributed by atoms with Crippen LogP contribution in [0.2, 0.25) is 0 Å². The minimum atomic E-state index is -0.808. The van der Waals surface area contributed by atoms with Crippen LogP contribution in [0.15, 0.2) is 48.5 Å². The van der Waals surface area contributed by atoms with Gasteiger partial charge in [-0.1, -0.05) is 43.3 Å². The number of carbonyl (C=O) groups is 1. The largest absolute Gasteiger partial charge is 0.481 e. The van der Waals surface area contributed by atoms with Gasteiger partial charge >= 0.3 is 5.97 Å². The molecule has 0 radical (unpaired) electrons. The zero-order chi connectivity index (χ0) is 13.8. The Hall–Kier alpha value is -2.16. The first-order valence-electron chi connectivity index (χ1n) is 6.20. The Morgan fingerprint density at radius 1 is 1.05 bits per heavy atom. The van der Waals surface area contributed by atoms with Gasteiger partial charge in [0.1, 0.15) is 5.82 Å². The summed E-state index contributed by atoms with van der Waals surface area (Å²) in [5, 5.41) is 9.10. The molecule has 0 bridgehead atoms. The first-order chi connectivity index (χ1) is 9.11. The number of hydrogen-bond donors (Lipinski definition) is 1. The van der Waals surface area contributed by atoms with Crippen molar-refractivity contribution >= 4 is 5.97 Å². The van der Waals surface area contributed by atoms with Gasteiger partial charge < -0.3 is 5.11 Å². The zero-order valence-corrected chi connectivity index (χ0v) is 10.6. The van der Waals surface area contributed by atoms with Crippen LogP contribution >= 0.6 is 0 Å². The third kappa shape index (κ3) is 2.99. The number of benzene rings is 2. The normalized spacial score (nSPS) is 12.1. The van der Waals surface area contributed by atoms with Crippen LogP contribution in [0.3, 0.4) is 0 Å². The first kappa shape index (κ1) is 13.3. The van der Waals surface area contributed by atoms with E-state index in [1.54, 1.807) is 12.1 Å². The number of carboxylic acid groups (broad SMARTS) is 1. The van der Waals surface area contributed by atoms with E-state index in [0.29, 0.717) is 6.42 Å². The highest BCUT2D eigenvalue weighted by molar-refractivity contribution is 5.76. The van der Waals surface area contributed by atoms with Crippen molar-refractivity contribution < 1.29 is 14.3 Å². The molecule has 0 heterocycles. The molecule has 1 N–H and O–H groups in total. The molecule has 1 unspecified atom stereocenters. The Morgan fingerprint density at radius 3 is 1.95 bits per heavy atom. The van der Waals surface area contributed by atoms with E-state index in [0.717, 1.165) is 16.7 Å². The van der Waals surface area contributed by atoms with Gasteiger partial charge in [0.05, 0.1) is 5.92 Å². The number of rotatable bonds is 4. The molecule has 2 rings (SSSR count). The lowest BCUT2D eigenvalue weighted by Gasteiger charge is -2.11. The Kier molecular flexibility index (Phi) is 3.95. The van der Waals surface area contributed by atoms with Crippen LogP contribution in [0, 0.1) is 5.82 Å². The predicted molar refractivity (Wildman–Crippen MR) is 72.5 cm³/mol. The average molecular weight is 258 g/mol. The quantitative estimate of drug-likeness (QED) is 0.897. The third-order valence-electron chi connectivity index (χ3n) is 3.20. The van der Waals surface area contributed by atoms with Gasteiger partial charge in [-0.2, -0.15) is 0 Å². The van der Waals surface area contributed by atoms with Crippen LogP contribution in [0.4, 0.5) is 4.39 Å². The zero-order valence-electron chi connectivity index (χ0n) is 10.6. The number of carboxylic acids is 1. The molecule has 0 amide bonds. The van der Waals surface area contributed by atoms with Crippen molar-refractivity contribution in [3.8, 4) is 11.1 Å². The van der Waals surface area contributed by atoms with Gasteiger partial charge in [-0.15, -0.1) is 0 Å². The number of hydrogen-bond acceptors (Lipinski definition) is 1. The molecular weight excluding hydrogens is 243 g/mol. The van der Waals surface area contributed by atoms with Crippen LogP contribution < -0.4 is 0 Å². The number of aliphatic carboxylic acids is 1. The average Bonchev–Trinajstić information content (AvgIpc) is 2.41. The molecule has 98 valence electrons. The lowest BCUT2D eigenvalue weighted by Crippen LogP contribution is -2.10. The van der Waals surface area contributed by atoms with Gasteiger partial charge in [0.25, 0.3) is 0 Å². The summed E-state index contributed by atoms with van der Waals surface area (Å²) in [7, 11) is 0. The number of halogens is 1. The molecular formula is C16H15FO2. The monoisotopic (exact) mass is 258 g/mol. The highest BCUT2D eigenvalue weighted by Crippen LogP contribution is 2.24. The van der Waals surface area contributed by atoms with Crippen LogP contribution in [0.1, 0.15) is 24.8 Å². The topological polar surface area (TPSA) is 37.3 Å². The Labute approximate surface area is 111 Å². The molecule has 2 aromatic rings. The second-order valence-corrected chi connectivity index (χ2v) is 4.43. The summed E-state index contributed by atoms with van der Waals surface area (Å²) in [5.41, 5.74) is 2.65. The molecule has 0 aliphatic rings. The molecule has 0 aliphatic carbocycles. The Balaban J connectivity index is 2.27. The molecule has 1 atom stereocenters. The molecule has 0 aliphatic heterocycles. The minimum absolute atomic E-state index is 0.266. The molecule has 19 heavy (non-hydrogen) atoms. The van der Waals surface area contributed by atoms with E-state index in [4.69, 9.17) is 5.11 Å². The van der Waals surface area contributed by atoms with E-state index in [1.165, 1.54) is 12.1 Å². The van der Waals surface area contributed by atoms with Crippen LogP contribution in [-0.4, -0.2) is 11.1 Å². The Bertz CT molecular complexity index is 558. The fraction of sp³-hybridized carbons (Fsp3) is 0.188. The summed E-state index contributed by atoms with van der Waals surface area (Å²) >= 11 is 0. The van der Waals surface area contributed by atoms with Crippen molar-refractivity contribution in [2.45, 2.75) is 19.3 Å². The van der Waals surface area contributed by atoms with Crippen molar-refractivity contribution in [1.29, 1.82) is 0 Å². The predicted octanol–water partition coefficient (Wildman–Crippen LogP) is 4.07. The van der Waals surface area contributed by atoms with Crippen molar-refractivity contribution in [1.82, 2.24) is 0 Å². The second-order valence-electron chi connectivity index (χ2n) is 4.43. The molecule has 2 nitrogen and oxygen atoms in total. The minimum Gasteiger partial charge on any atom is -0.481 e. The van der Waals surface area contributed by atoms with Crippen LogP contribution in [0.5, 0.6) is 0 Å². The molecule has 3 heteroatoms. The maximum Gasteiger partial charge on any atom is 0.310 e. The van der Waals surface area contributed by atoms with E-state index in [9.17, 15) is 9.18 Å². The van der Waals surface area contributed by atoms with Gasteiger partial charge in [-0.3, -0.25) is 4.79 Å². The third-order valence-corrected chi connectivity index (χ3v) is 3.20. The molecule has 0 spiro atoms. The lowest BCUT2D eigenvalue weighted by atomic mass is 9.94. The van der Waals surface area contributed by atoms with E-state index < -0.39 is 11.9 Å². The Morgan fingerprint density at radius 2 is 1.53 bits per heavy atom. The van der Waals surface area contributed by atoms with Crippen molar-refractivity contribution in [3.63, 3.8) is 0 Å². The van der Waals surface area contributed by atoms with E-state index in [2.05, 4.69) is 0 Å². The van der Waals surface area contributed by atoms with Gasteiger partial charge in [-0.25, -0.2) is 4.39 Å². The SMILES string of the molecule is CCC(C(=O)O)c1ccc(-c2ccc(F)cc2)cc1. The van der Waals surface area contributed by atoms with Gasteiger partial charge in [0, 0.05) is 0 Å². The lowest BCUT2D eigenvalue weighted by molar-refractivity contribution is -0.138. The summed E-state index contributed by atoms with van der Waals surface area (Å²) in [6.45, 7) is 1.85. The summed E-state index contributed by atoms with van der Waals surface area (Å²) < 4.78 is 12.8. The van der Waals surface area contributed by atoms with Crippen LogP contribution in [-0.2, 0) is 4.79 Å². The molecule has 0 saturated heterocycles. The second kappa shape index (κ2) is 5.65. The van der Waals surface area contributed by atoms with Crippen molar-refractivity contribution in [3.05, 3.63) is 59.9 Å². The van der Waals surface area contributed by atoms with E-state index >= 15 is 0 Å². The molecule has 0 saturated carbocycles. The highest BCUT2D eigenvalue weighted by Gasteiger charge is 2.17. The molecule has 0 fully saturated rings. The molecule has 2 aromatic carbocycles. The van der Waals surface area contributed by atoms with Gasteiger partial charge in [-0.05, 0) is 35.2 Å². The smallest absolute Gasteiger partial charge is 0.310 e. The van der Waals surface area contributed by atoms with Crippen molar-refractivity contribution in [2.24, 2.45) is 0 Å². The maximum atomic E-state index is 12.8. The van der Waals surface area contributed by atoms with E-state index in [1.807, 2.05) is 31.2 Å². The first-order valence-corrected chi connectivity index (χ1v) is 6.20. The maximum absolute atomic E-state index is 12.8. The van der Waals surface area contributed by atoms with Gasteiger partial charge in [0.2, 0.25) is 0 Å². The summed E-state index contributed by atoms with van der Waals surface area (Å²) in [4.78, 5) is 11.1. The van der Waals surface area contributed by atoms with Crippen LogP contribution in [0.25, 0.3) is 11.1 Å². The fourth-order valence-corrected chi connectivity index (χ4v) is 2.10. The fourth-order valence-electron chi connectivity index (χ4n) is 2.10. The summed E-state index contributed by atoms with van der Waals surface area (Å²) in [6, 6.07) is 13.6. The summed E-state index contributed by atoms with van der Waals surface area (Å²) in [5.74, 6) is -1.54. The standard InChI is InChI=1S/C16H15FO2/c1-2-15(16(18)19)13-5-3-11(4-6-13)12-7-9-14(17)10-8-12/h3-10,15H,2H2,1H3,(H,18,19).